The minimum atomic E-state index is -3.87. The molecule has 0 atom stereocenters. The van der Waals surface area contributed by atoms with Gasteiger partial charge in [0.25, 0.3) is 5.56 Å². The predicted molar refractivity (Wildman–Crippen MR) is 74.7 cm³/mol. The zero-order valence-corrected chi connectivity index (χ0v) is 12.1. The Kier molecular flexibility index (Phi) is 3.69. The maximum atomic E-state index is 12.4. The van der Waals surface area contributed by atoms with Crippen molar-refractivity contribution in [2.45, 2.75) is 10.9 Å². The summed E-state index contributed by atoms with van der Waals surface area (Å²) >= 11 is 0. The van der Waals surface area contributed by atoms with Crippen LogP contribution >= 0.6 is 0 Å². The number of aromatic nitrogens is 2. The van der Waals surface area contributed by atoms with Gasteiger partial charge in [0.15, 0.2) is 4.90 Å². The fourth-order valence-corrected chi connectivity index (χ4v) is 3.98. The third-order valence-corrected chi connectivity index (χ3v) is 5.86. The molecule has 2 aliphatic rings. The van der Waals surface area contributed by atoms with Crippen LogP contribution in [0.5, 0.6) is 0 Å². The minimum Gasteiger partial charge on any atom is -0.314 e. The summed E-state index contributed by atoms with van der Waals surface area (Å²) in [4.78, 5) is 28.6. The van der Waals surface area contributed by atoms with Crippen molar-refractivity contribution in [1.82, 2.24) is 24.5 Å². The molecule has 0 aromatic carbocycles. The maximum Gasteiger partial charge on any atom is 0.325 e. The molecule has 2 aliphatic heterocycles. The van der Waals surface area contributed by atoms with Crippen molar-refractivity contribution in [3.8, 4) is 0 Å². The molecule has 0 aliphatic carbocycles. The molecule has 3 heterocycles. The zero-order valence-electron chi connectivity index (χ0n) is 11.3. The van der Waals surface area contributed by atoms with Gasteiger partial charge in [0.1, 0.15) is 0 Å². The molecule has 21 heavy (non-hydrogen) atoms. The Morgan fingerprint density at radius 2 is 1.76 bits per heavy atom. The largest absolute Gasteiger partial charge is 0.325 e. The number of hydrogen-bond donors (Lipinski definition) is 3. The molecule has 9 nitrogen and oxygen atoms in total. The van der Waals surface area contributed by atoms with E-state index in [1.165, 1.54) is 4.31 Å². The molecule has 0 radical (unpaired) electrons. The summed E-state index contributed by atoms with van der Waals surface area (Å²) in [5.74, 6) is 0. The monoisotopic (exact) mass is 315 g/mol. The molecule has 1 aromatic heterocycles. The number of aromatic amines is 2. The standard InChI is InChI=1S/C11H17N5O4S/c17-10-9(7-13-11(18)14-10)21(19,20)16-3-1-15(2-4-16)8-5-12-6-8/h7-8,12H,1-6H2,(H2,13,14,17,18). The Morgan fingerprint density at radius 1 is 1.10 bits per heavy atom. The first-order valence-corrected chi connectivity index (χ1v) is 8.19. The van der Waals surface area contributed by atoms with Crippen molar-refractivity contribution in [2.24, 2.45) is 0 Å². The molecule has 3 N–H and O–H groups in total. The van der Waals surface area contributed by atoms with Crippen molar-refractivity contribution in [3.63, 3.8) is 0 Å². The third kappa shape index (κ3) is 2.67. The molecular weight excluding hydrogens is 298 g/mol. The van der Waals surface area contributed by atoms with Crippen LogP contribution in [0.4, 0.5) is 0 Å². The first-order chi connectivity index (χ1) is 9.98. The van der Waals surface area contributed by atoms with Crippen LogP contribution in [0.15, 0.2) is 20.7 Å². The van der Waals surface area contributed by atoms with Gasteiger partial charge in [-0.2, -0.15) is 4.31 Å². The van der Waals surface area contributed by atoms with Crippen LogP contribution in [0.2, 0.25) is 0 Å². The van der Waals surface area contributed by atoms with Crippen LogP contribution in [0.25, 0.3) is 0 Å². The second kappa shape index (κ2) is 5.37. The molecule has 0 spiro atoms. The highest BCUT2D eigenvalue weighted by atomic mass is 32.2. The number of nitrogens with zero attached hydrogens (tertiary/aromatic N) is 2. The number of hydrogen-bond acceptors (Lipinski definition) is 6. The maximum absolute atomic E-state index is 12.4. The highest BCUT2D eigenvalue weighted by molar-refractivity contribution is 7.89. The number of nitrogens with one attached hydrogen (secondary N) is 3. The zero-order chi connectivity index (χ0) is 15.0. The van der Waals surface area contributed by atoms with Gasteiger partial charge in [0.05, 0.1) is 0 Å². The van der Waals surface area contributed by atoms with E-state index in [2.05, 4.69) is 15.2 Å². The number of rotatable bonds is 3. The first kappa shape index (κ1) is 14.4. The fourth-order valence-electron chi connectivity index (χ4n) is 2.57. The van der Waals surface area contributed by atoms with Gasteiger partial charge >= 0.3 is 5.69 Å². The molecular formula is C11H17N5O4S. The van der Waals surface area contributed by atoms with Gasteiger partial charge < -0.3 is 10.3 Å². The molecule has 2 saturated heterocycles. The SMILES string of the molecule is O=c1[nH]cc(S(=O)(=O)N2CCN(C3CNC3)CC2)c(=O)[nH]1. The lowest BCUT2D eigenvalue weighted by Gasteiger charge is -2.42. The van der Waals surface area contributed by atoms with Gasteiger partial charge in [-0.3, -0.25) is 14.7 Å². The van der Waals surface area contributed by atoms with E-state index >= 15 is 0 Å². The second-order valence-electron chi connectivity index (χ2n) is 5.19. The van der Waals surface area contributed by atoms with E-state index in [-0.39, 0.29) is 0 Å². The molecule has 0 amide bonds. The third-order valence-electron chi connectivity index (χ3n) is 3.95. The quantitative estimate of drug-likeness (QED) is 0.560. The van der Waals surface area contributed by atoms with Crippen molar-refractivity contribution >= 4 is 10.0 Å². The minimum absolute atomic E-state index is 0.345. The van der Waals surface area contributed by atoms with Gasteiger partial charge in [-0.05, 0) is 0 Å². The van der Waals surface area contributed by atoms with E-state index in [1.807, 2.05) is 4.98 Å². The Labute approximate surface area is 121 Å². The lowest BCUT2D eigenvalue weighted by Crippen LogP contribution is -2.62. The Bertz CT molecular complexity index is 727. The van der Waals surface area contributed by atoms with Crippen LogP contribution in [-0.2, 0) is 10.0 Å². The van der Waals surface area contributed by atoms with E-state index in [0.29, 0.717) is 32.2 Å². The van der Waals surface area contributed by atoms with Gasteiger partial charge in [-0.1, -0.05) is 0 Å². The number of sulfonamides is 1. The van der Waals surface area contributed by atoms with Crippen molar-refractivity contribution in [3.05, 3.63) is 27.0 Å². The van der Waals surface area contributed by atoms with Gasteiger partial charge in [0.2, 0.25) is 10.0 Å². The van der Waals surface area contributed by atoms with Crippen molar-refractivity contribution in [1.29, 1.82) is 0 Å². The summed E-state index contributed by atoms with van der Waals surface area (Å²) < 4.78 is 26.2. The highest BCUT2D eigenvalue weighted by Gasteiger charge is 2.34. The van der Waals surface area contributed by atoms with Gasteiger partial charge in [-0.15, -0.1) is 0 Å². The second-order valence-corrected chi connectivity index (χ2v) is 7.09. The predicted octanol–water partition coefficient (Wildman–Crippen LogP) is -2.66. The molecule has 116 valence electrons. The van der Waals surface area contributed by atoms with Gasteiger partial charge in [-0.25, -0.2) is 13.2 Å². The van der Waals surface area contributed by atoms with E-state index in [4.69, 9.17) is 0 Å². The van der Waals surface area contributed by atoms with Crippen LogP contribution in [0.3, 0.4) is 0 Å². The summed E-state index contributed by atoms with van der Waals surface area (Å²) in [5, 5.41) is 3.19. The smallest absolute Gasteiger partial charge is 0.314 e. The van der Waals surface area contributed by atoms with E-state index in [0.717, 1.165) is 19.3 Å². The molecule has 3 rings (SSSR count). The summed E-state index contributed by atoms with van der Waals surface area (Å²) in [5.41, 5.74) is -1.61. The number of H-pyrrole nitrogens is 2. The lowest BCUT2D eigenvalue weighted by molar-refractivity contribution is 0.103. The lowest BCUT2D eigenvalue weighted by atomic mass is 10.1. The molecule has 0 saturated carbocycles. The Hall–Kier alpha value is -1.49. The topological polar surface area (TPSA) is 118 Å². The first-order valence-electron chi connectivity index (χ1n) is 6.75. The molecule has 10 heteroatoms. The normalized spacial score (nSPS) is 22.1. The molecule has 2 fully saturated rings. The highest BCUT2D eigenvalue weighted by Crippen LogP contribution is 2.15. The molecule has 0 bridgehead atoms. The van der Waals surface area contributed by atoms with E-state index < -0.39 is 26.2 Å². The van der Waals surface area contributed by atoms with Gasteiger partial charge in [0, 0.05) is 51.5 Å². The number of piperazine rings is 1. The fraction of sp³-hybridized carbons (Fsp3) is 0.636. The van der Waals surface area contributed by atoms with E-state index in [1.54, 1.807) is 0 Å². The van der Waals surface area contributed by atoms with Crippen LogP contribution in [0.1, 0.15) is 0 Å². The summed E-state index contributed by atoms with van der Waals surface area (Å²) in [6, 6.07) is 0.478. The Balaban J connectivity index is 1.76. The average Bonchev–Trinajstić information content (AvgIpc) is 2.37. The summed E-state index contributed by atoms with van der Waals surface area (Å²) in [7, 11) is -3.87. The van der Waals surface area contributed by atoms with Crippen LogP contribution in [0, 0.1) is 0 Å². The summed E-state index contributed by atoms with van der Waals surface area (Å²) in [6.07, 6.45) is 0.957. The van der Waals surface area contributed by atoms with Crippen LogP contribution < -0.4 is 16.6 Å². The van der Waals surface area contributed by atoms with Crippen LogP contribution in [-0.4, -0.2) is 72.9 Å². The summed E-state index contributed by atoms with van der Waals surface area (Å²) in [6.45, 7) is 3.85. The molecule has 0 unspecified atom stereocenters. The Morgan fingerprint density at radius 3 is 2.29 bits per heavy atom. The van der Waals surface area contributed by atoms with Crippen molar-refractivity contribution < 1.29 is 8.42 Å². The average molecular weight is 315 g/mol. The van der Waals surface area contributed by atoms with E-state index in [9.17, 15) is 18.0 Å². The molecule has 1 aromatic rings. The van der Waals surface area contributed by atoms with Crippen molar-refractivity contribution in [2.75, 3.05) is 39.3 Å².